The lowest BCUT2D eigenvalue weighted by Crippen LogP contribution is -2.29. The van der Waals surface area contributed by atoms with Crippen molar-refractivity contribution in [3.8, 4) is 5.75 Å². The summed E-state index contributed by atoms with van der Waals surface area (Å²) in [6, 6.07) is 10.2. The maximum absolute atomic E-state index is 12.0. The zero-order valence-electron chi connectivity index (χ0n) is 12.1. The number of carbonyl (C=O) groups excluding carboxylic acids is 1. The average molecular weight is 301 g/mol. The molecule has 0 bridgehead atoms. The van der Waals surface area contributed by atoms with Crippen LogP contribution in [0.4, 0.5) is 0 Å². The number of amides is 1. The number of ether oxygens (including phenoxy) is 1. The Bertz CT molecular complexity index is 635. The molecule has 1 amide bonds. The van der Waals surface area contributed by atoms with E-state index in [1.165, 1.54) is 16.0 Å². The van der Waals surface area contributed by atoms with Gasteiger partial charge < -0.3 is 10.1 Å². The van der Waals surface area contributed by atoms with Crippen LogP contribution in [0.5, 0.6) is 5.75 Å². The summed E-state index contributed by atoms with van der Waals surface area (Å²) in [4.78, 5) is 13.3. The summed E-state index contributed by atoms with van der Waals surface area (Å²) in [5, 5.41) is 5.11. The van der Waals surface area contributed by atoms with E-state index >= 15 is 0 Å². The second-order valence-corrected chi connectivity index (χ2v) is 6.38. The van der Waals surface area contributed by atoms with Crippen molar-refractivity contribution >= 4 is 17.2 Å². The first kappa shape index (κ1) is 14.1. The fraction of sp³-hybridized carbons (Fsp3) is 0.353. The Labute approximate surface area is 129 Å². The van der Waals surface area contributed by atoms with Crippen LogP contribution in [-0.4, -0.2) is 19.1 Å². The van der Waals surface area contributed by atoms with E-state index in [2.05, 4.69) is 29.8 Å². The highest BCUT2D eigenvalue weighted by molar-refractivity contribution is 7.10. The number of aryl methyl sites for hydroxylation is 2. The first-order valence-electron chi connectivity index (χ1n) is 7.25. The molecule has 0 saturated heterocycles. The lowest BCUT2D eigenvalue weighted by atomic mass is 10.0. The quantitative estimate of drug-likeness (QED) is 0.920. The maximum Gasteiger partial charge on any atom is 0.220 e. The van der Waals surface area contributed by atoms with Crippen molar-refractivity contribution in [2.24, 2.45) is 0 Å². The molecule has 1 N–H and O–H groups in total. The number of hydrogen-bond acceptors (Lipinski definition) is 3. The molecule has 21 heavy (non-hydrogen) atoms. The number of para-hydroxylation sites is 1. The fourth-order valence-electron chi connectivity index (χ4n) is 2.61. The molecule has 0 fully saturated rings. The Morgan fingerprint density at radius 3 is 3.05 bits per heavy atom. The Kier molecular flexibility index (Phi) is 4.25. The first-order valence-corrected chi connectivity index (χ1v) is 8.13. The third-order valence-electron chi connectivity index (χ3n) is 3.89. The SMILES string of the molecule is Cc1ccsc1CCC(=O)NC[C@H]1COc2ccccc21. The molecule has 0 aliphatic carbocycles. The van der Waals surface area contributed by atoms with Gasteiger partial charge in [0.05, 0.1) is 6.61 Å². The smallest absolute Gasteiger partial charge is 0.220 e. The minimum absolute atomic E-state index is 0.118. The topological polar surface area (TPSA) is 38.3 Å². The molecular formula is C17H19NO2S. The van der Waals surface area contributed by atoms with Gasteiger partial charge in [-0.05, 0) is 36.4 Å². The molecule has 2 aromatic rings. The Morgan fingerprint density at radius 1 is 1.38 bits per heavy atom. The molecule has 3 rings (SSSR count). The zero-order chi connectivity index (χ0) is 14.7. The summed E-state index contributed by atoms with van der Waals surface area (Å²) in [7, 11) is 0. The van der Waals surface area contributed by atoms with E-state index in [1.807, 2.05) is 18.2 Å². The molecule has 4 heteroatoms. The molecule has 1 aliphatic rings. The molecule has 0 radical (unpaired) electrons. The summed E-state index contributed by atoms with van der Waals surface area (Å²) in [6.07, 6.45) is 1.38. The summed E-state index contributed by atoms with van der Waals surface area (Å²) in [6.45, 7) is 3.40. The molecular weight excluding hydrogens is 282 g/mol. The second kappa shape index (κ2) is 6.31. The van der Waals surface area contributed by atoms with Crippen molar-refractivity contribution in [2.45, 2.75) is 25.7 Å². The van der Waals surface area contributed by atoms with Gasteiger partial charge in [0.15, 0.2) is 0 Å². The monoisotopic (exact) mass is 301 g/mol. The van der Waals surface area contributed by atoms with E-state index < -0.39 is 0 Å². The number of nitrogens with one attached hydrogen (secondary N) is 1. The standard InChI is InChI=1S/C17H19NO2S/c1-12-8-9-21-16(12)6-7-17(19)18-10-13-11-20-15-5-3-2-4-14(13)15/h2-5,8-9,13H,6-7,10-11H2,1H3,(H,18,19)/t13-/m0/s1. The zero-order valence-corrected chi connectivity index (χ0v) is 12.9. The van der Waals surface area contributed by atoms with Gasteiger partial charge >= 0.3 is 0 Å². The number of thiophene rings is 1. The van der Waals surface area contributed by atoms with Crippen LogP contribution < -0.4 is 10.1 Å². The van der Waals surface area contributed by atoms with Gasteiger partial charge in [-0.3, -0.25) is 4.79 Å². The number of rotatable bonds is 5. The van der Waals surface area contributed by atoms with Crippen molar-refractivity contribution < 1.29 is 9.53 Å². The van der Waals surface area contributed by atoms with E-state index in [0.717, 1.165) is 12.2 Å². The second-order valence-electron chi connectivity index (χ2n) is 5.38. The van der Waals surface area contributed by atoms with Crippen LogP contribution in [0, 0.1) is 6.92 Å². The summed E-state index contributed by atoms with van der Waals surface area (Å²) >= 11 is 1.73. The summed E-state index contributed by atoms with van der Waals surface area (Å²) in [5.74, 6) is 1.34. The molecule has 1 atom stereocenters. The Balaban J connectivity index is 1.48. The van der Waals surface area contributed by atoms with Crippen molar-refractivity contribution in [1.29, 1.82) is 0 Å². The lowest BCUT2D eigenvalue weighted by Gasteiger charge is -2.10. The van der Waals surface area contributed by atoms with Crippen LogP contribution in [0.2, 0.25) is 0 Å². The average Bonchev–Trinajstić information content (AvgIpc) is 3.09. The molecule has 3 nitrogen and oxygen atoms in total. The molecule has 0 saturated carbocycles. The predicted molar refractivity (Wildman–Crippen MR) is 85.1 cm³/mol. The van der Waals surface area contributed by atoms with Crippen molar-refractivity contribution in [2.75, 3.05) is 13.2 Å². The van der Waals surface area contributed by atoms with Gasteiger partial charge in [-0.2, -0.15) is 0 Å². The van der Waals surface area contributed by atoms with Gasteiger partial charge in [-0.15, -0.1) is 11.3 Å². The third kappa shape index (κ3) is 3.27. The summed E-state index contributed by atoms with van der Waals surface area (Å²) < 4.78 is 5.63. The number of carbonyl (C=O) groups is 1. The van der Waals surface area contributed by atoms with Crippen LogP contribution in [0.3, 0.4) is 0 Å². The molecule has 0 unspecified atom stereocenters. The van der Waals surface area contributed by atoms with Gasteiger partial charge in [-0.25, -0.2) is 0 Å². The van der Waals surface area contributed by atoms with Gasteiger partial charge in [0.25, 0.3) is 0 Å². The van der Waals surface area contributed by atoms with Gasteiger partial charge in [0.1, 0.15) is 5.75 Å². The largest absolute Gasteiger partial charge is 0.493 e. The molecule has 0 spiro atoms. The van der Waals surface area contributed by atoms with Crippen LogP contribution >= 0.6 is 11.3 Å². The minimum Gasteiger partial charge on any atom is -0.493 e. The van der Waals surface area contributed by atoms with Crippen molar-refractivity contribution in [1.82, 2.24) is 5.32 Å². The van der Waals surface area contributed by atoms with E-state index in [9.17, 15) is 4.79 Å². The van der Waals surface area contributed by atoms with Crippen molar-refractivity contribution in [3.05, 3.63) is 51.7 Å². The first-order chi connectivity index (χ1) is 10.2. The van der Waals surface area contributed by atoms with Gasteiger partial charge in [-0.1, -0.05) is 18.2 Å². The molecule has 1 aliphatic heterocycles. The molecule has 1 aromatic heterocycles. The highest BCUT2D eigenvalue weighted by Crippen LogP contribution is 2.32. The predicted octanol–water partition coefficient (Wildman–Crippen LogP) is 3.28. The van der Waals surface area contributed by atoms with Crippen LogP contribution in [-0.2, 0) is 11.2 Å². The van der Waals surface area contributed by atoms with E-state index in [0.29, 0.717) is 19.6 Å². The maximum atomic E-state index is 12.0. The van der Waals surface area contributed by atoms with Gasteiger partial charge in [0.2, 0.25) is 5.91 Å². The number of hydrogen-bond donors (Lipinski definition) is 1. The molecule has 2 heterocycles. The lowest BCUT2D eigenvalue weighted by molar-refractivity contribution is -0.121. The Hall–Kier alpha value is -1.81. The van der Waals surface area contributed by atoms with Crippen molar-refractivity contribution in [3.63, 3.8) is 0 Å². The summed E-state index contributed by atoms with van der Waals surface area (Å²) in [5.41, 5.74) is 2.48. The number of benzene rings is 1. The molecule has 1 aromatic carbocycles. The molecule has 110 valence electrons. The highest BCUT2D eigenvalue weighted by Gasteiger charge is 2.23. The van der Waals surface area contributed by atoms with E-state index in [4.69, 9.17) is 4.74 Å². The van der Waals surface area contributed by atoms with E-state index in [-0.39, 0.29) is 11.8 Å². The van der Waals surface area contributed by atoms with E-state index in [1.54, 1.807) is 11.3 Å². The highest BCUT2D eigenvalue weighted by atomic mass is 32.1. The van der Waals surface area contributed by atoms with Crippen LogP contribution in [0.1, 0.15) is 28.3 Å². The van der Waals surface area contributed by atoms with Crippen LogP contribution in [0.15, 0.2) is 35.7 Å². The van der Waals surface area contributed by atoms with Gasteiger partial charge in [0, 0.05) is 29.3 Å². The van der Waals surface area contributed by atoms with Crippen LogP contribution in [0.25, 0.3) is 0 Å². The number of fused-ring (bicyclic) bond motifs is 1. The Morgan fingerprint density at radius 2 is 2.24 bits per heavy atom. The third-order valence-corrected chi connectivity index (χ3v) is 4.97. The minimum atomic E-state index is 0.118. The normalized spacial score (nSPS) is 16.3. The fourth-order valence-corrected chi connectivity index (χ4v) is 3.52.